The lowest BCUT2D eigenvalue weighted by atomic mass is 9.99. The van der Waals surface area contributed by atoms with Crippen molar-refractivity contribution >= 4 is 17.6 Å². The van der Waals surface area contributed by atoms with Crippen LogP contribution in [0, 0.1) is 5.92 Å². The summed E-state index contributed by atoms with van der Waals surface area (Å²) in [6.45, 7) is 1.44. The molecule has 0 radical (unpaired) electrons. The normalized spacial score (nSPS) is 19.4. The first kappa shape index (κ1) is 12.6. The number of carbonyl (C=O) groups is 2. The first-order chi connectivity index (χ1) is 8.65. The minimum absolute atomic E-state index is 0.0263. The second-order valence-electron chi connectivity index (χ2n) is 4.35. The molecule has 0 aliphatic carbocycles. The van der Waals surface area contributed by atoms with E-state index in [1.54, 1.807) is 0 Å². The van der Waals surface area contributed by atoms with Gasteiger partial charge in [-0.15, -0.1) is 0 Å². The van der Waals surface area contributed by atoms with Gasteiger partial charge < -0.3 is 15.7 Å². The Hall–Kier alpha value is -1.89. The minimum atomic E-state index is -0.965. The summed E-state index contributed by atoms with van der Waals surface area (Å²) in [5.74, 6) is -1.04. The molecule has 7 nitrogen and oxygen atoms in total. The number of carbonyl (C=O) groups excluding carboxylic acids is 1. The van der Waals surface area contributed by atoms with E-state index in [1.807, 2.05) is 0 Å². The van der Waals surface area contributed by atoms with Crippen LogP contribution in [0.2, 0.25) is 0 Å². The van der Waals surface area contributed by atoms with Crippen LogP contribution in [0.1, 0.15) is 12.8 Å². The Morgan fingerprint density at radius 3 is 3.11 bits per heavy atom. The van der Waals surface area contributed by atoms with Crippen LogP contribution in [0.25, 0.3) is 0 Å². The summed E-state index contributed by atoms with van der Waals surface area (Å²) in [6, 6.07) is 0. The van der Waals surface area contributed by atoms with Crippen LogP contribution >= 0.6 is 0 Å². The quantitative estimate of drug-likeness (QED) is 0.695. The van der Waals surface area contributed by atoms with Crippen molar-refractivity contribution in [3.05, 3.63) is 12.4 Å². The van der Waals surface area contributed by atoms with Gasteiger partial charge in [0.1, 0.15) is 6.54 Å². The summed E-state index contributed by atoms with van der Waals surface area (Å²) in [7, 11) is 0. The topological polar surface area (TPSA) is 96.2 Å². The van der Waals surface area contributed by atoms with E-state index in [-0.39, 0.29) is 18.4 Å². The van der Waals surface area contributed by atoms with Gasteiger partial charge in [-0.1, -0.05) is 0 Å². The number of hydrogen-bond acceptors (Lipinski definition) is 4. The Bertz CT molecular complexity index is 437. The number of piperidine rings is 1. The van der Waals surface area contributed by atoms with Crippen molar-refractivity contribution in [1.82, 2.24) is 15.1 Å². The molecule has 2 rings (SSSR count). The van der Waals surface area contributed by atoms with Crippen LogP contribution in [-0.2, 0) is 16.1 Å². The molecule has 1 saturated heterocycles. The first-order valence-corrected chi connectivity index (χ1v) is 5.91. The van der Waals surface area contributed by atoms with Crippen molar-refractivity contribution in [2.24, 2.45) is 5.92 Å². The molecule has 0 bridgehead atoms. The number of nitrogens with one attached hydrogen (secondary N) is 2. The zero-order valence-corrected chi connectivity index (χ0v) is 9.93. The van der Waals surface area contributed by atoms with Gasteiger partial charge in [-0.3, -0.25) is 14.3 Å². The van der Waals surface area contributed by atoms with Crippen LogP contribution < -0.4 is 10.6 Å². The second-order valence-corrected chi connectivity index (χ2v) is 4.35. The molecule has 7 heteroatoms. The number of carboxylic acid groups (broad SMARTS) is 1. The molecule has 1 atom stereocenters. The first-order valence-electron chi connectivity index (χ1n) is 5.91. The van der Waals surface area contributed by atoms with Gasteiger partial charge >= 0.3 is 5.97 Å². The molecule has 2 heterocycles. The maximum absolute atomic E-state index is 11.9. The highest BCUT2D eigenvalue weighted by atomic mass is 16.4. The molecule has 0 spiro atoms. The molecule has 1 aromatic heterocycles. The molecule has 18 heavy (non-hydrogen) atoms. The van der Waals surface area contributed by atoms with E-state index in [1.165, 1.54) is 17.1 Å². The third-order valence-electron chi connectivity index (χ3n) is 2.87. The highest BCUT2D eigenvalue weighted by Gasteiger charge is 2.21. The van der Waals surface area contributed by atoms with Gasteiger partial charge in [0, 0.05) is 12.7 Å². The van der Waals surface area contributed by atoms with E-state index in [0.717, 1.165) is 19.4 Å². The SMILES string of the molecule is O=C(O)Cn1cc(NC(=O)[C@H]2CCCNC2)cn1. The fourth-order valence-corrected chi connectivity index (χ4v) is 1.97. The summed E-state index contributed by atoms with van der Waals surface area (Å²) < 4.78 is 1.27. The number of anilines is 1. The number of amides is 1. The number of nitrogens with zero attached hydrogens (tertiary/aromatic N) is 2. The van der Waals surface area contributed by atoms with Gasteiger partial charge in [0.15, 0.2) is 0 Å². The van der Waals surface area contributed by atoms with Gasteiger partial charge in [-0.25, -0.2) is 0 Å². The summed E-state index contributed by atoms with van der Waals surface area (Å²) in [5.41, 5.74) is 0.534. The molecule has 3 N–H and O–H groups in total. The molecular formula is C11H16N4O3. The molecular weight excluding hydrogens is 236 g/mol. The Kier molecular flexibility index (Phi) is 3.93. The van der Waals surface area contributed by atoms with E-state index < -0.39 is 5.97 Å². The van der Waals surface area contributed by atoms with Gasteiger partial charge in [0.05, 0.1) is 17.8 Å². The third-order valence-corrected chi connectivity index (χ3v) is 2.87. The van der Waals surface area contributed by atoms with E-state index in [9.17, 15) is 9.59 Å². The predicted octanol–water partition coefficient (Wildman–Crippen LogP) is -0.0942. The van der Waals surface area contributed by atoms with Crippen molar-refractivity contribution in [2.75, 3.05) is 18.4 Å². The van der Waals surface area contributed by atoms with E-state index in [0.29, 0.717) is 12.2 Å². The maximum atomic E-state index is 11.9. The van der Waals surface area contributed by atoms with Crippen LogP contribution in [0.3, 0.4) is 0 Å². The van der Waals surface area contributed by atoms with Crippen LogP contribution in [-0.4, -0.2) is 39.9 Å². The third kappa shape index (κ3) is 3.30. The van der Waals surface area contributed by atoms with Gasteiger partial charge in [-0.2, -0.15) is 5.10 Å². The lowest BCUT2D eigenvalue weighted by Crippen LogP contribution is -2.37. The Balaban J connectivity index is 1.90. The average Bonchev–Trinajstić information content (AvgIpc) is 2.76. The monoisotopic (exact) mass is 252 g/mol. The molecule has 0 saturated carbocycles. The maximum Gasteiger partial charge on any atom is 0.325 e. The number of aromatic nitrogens is 2. The fourth-order valence-electron chi connectivity index (χ4n) is 1.97. The van der Waals surface area contributed by atoms with Gasteiger partial charge in [-0.05, 0) is 19.4 Å². The zero-order valence-electron chi connectivity index (χ0n) is 9.93. The van der Waals surface area contributed by atoms with Crippen molar-refractivity contribution in [3.8, 4) is 0 Å². The largest absolute Gasteiger partial charge is 0.480 e. The molecule has 98 valence electrons. The molecule has 1 aliphatic rings. The lowest BCUT2D eigenvalue weighted by molar-refractivity contribution is -0.137. The second kappa shape index (κ2) is 5.63. The number of rotatable bonds is 4. The fraction of sp³-hybridized carbons (Fsp3) is 0.545. The summed E-state index contributed by atoms with van der Waals surface area (Å²) in [4.78, 5) is 22.4. The summed E-state index contributed by atoms with van der Waals surface area (Å²) in [6.07, 6.45) is 4.85. The zero-order chi connectivity index (χ0) is 13.0. The Morgan fingerprint density at radius 2 is 2.44 bits per heavy atom. The summed E-state index contributed by atoms with van der Waals surface area (Å²) in [5, 5.41) is 18.4. The standard InChI is InChI=1S/C11H16N4O3/c16-10(17)7-15-6-9(5-13-15)14-11(18)8-2-1-3-12-4-8/h5-6,8,12H,1-4,7H2,(H,14,18)(H,16,17)/t8-/m0/s1. The van der Waals surface area contributed by atoms with E-state index in [4.69, 9.17) is 5.11 Å². The van der Waals surface area contributed by atoms with Crippen molar-refractivity contribution in [3.63, 3.8) is 0 Å². The number of carboxylic acids is 1. The summed E-state index contributed by atoms with van der Waals surface area (Å²) >= 11 is 0. The van der Waals surface area contributed by atoms with Crippen molar-refractivity contribution < 1.29 is 14.7 Å². The molecule has 1 amide bonds. The smallest absolute Gasteiger partial charge is 0.325 e. The Labute approximate surface area is 104 Å². The van der Waals surface area contributed by atoms with Gasteiger partial charge in [0.25, 0.3) is 0 Å². The molecule has 1 aromatic rings. The number of hydrogen-bond donors (Lipinski definition) is 3. The average molecular weight is 252 g/mol. The molecule has 1 fully saturated rings. The van der Waals surface area contributed by atoms with Crippen LogP contribution in [0.15, 0.2) is 12.4 Å². The van der Waals surface area contributed by atoms with E-state index in [2.05, 4.69) is 15.7 Å². The van der Waals surface area contributed by atoms with Crippen LogP contribution in [0.4, 0.5) is 5.69 Å². The molecule has 0 unspecified atom stereocenters. The molecule has 1 aliphatic heterocycles. The highest BCUT2D eigenvalue weighted by Crippen LogP contribution is 2.13. The van der Waals surface area contributed by atoms with Crippen molar-refractivity contribution in [2.45, 2.75) is 19.4 Å². The number of aliphatic carboxylic acids is 1. The Morgan fingerprint density at radius 1 is 1.61 bits per heavy atom. The lowest BCUT2D eigenvalue weighted by Gasteiger charge is -2.21. The highest BCUT2D eigenvalue weighted by molar-refractivity contribution is 5.92. The minimum Gasteiger partial charge on any atom is -0.480 e. The van der Waals surface area contributed by atoms with E-state index >= 15 is 0 Å². The van der Waals surface area contributed by atoms with Crippen molar-refractivity contribution in [1.29, 1.82) is 0 Å². The predicted molar refractivity (Wildman–Crippen MR) is 64.1 cm³/mol. The van der Waals surface area contributed by atoms with Gasteiger partial charge in [0.2, 0.25) is 5.91 Å². The molecule has 0 aromatic carbocycles. The van der Waals surface area contributed by atoms with Crippen LogP contribution in [0.5, 0.6) is 0 Å².